The first-order chi connectivity index (χ1) is 6.53. The fourth-order valence-electron chi connectivity index (χ4n) is 2.52. The summed E-state index contributed by atoms with van der Waals surface area (Å²) in [5.41, 5.74) is 0. The predicted octanol–water partition coefficient (Wildman–Crippen LogP) is 0.203. The molecule has 0 unspecified atom stereocenters. The smallest absolute Gasteiger partial charge is 0.163 e. The van der Waals surface area contributed by atoms with Gasteiger partial charge in [-0.15, -0.1) is 0 Å². The largest absolute Gasteiger partial charge is 0.396 e. The third-order valence-corrected chi connectivity index (χ3v) is 3.06. The summed E-state index contributed by atoms with van der Waals surface area (Å²) < 4.78 is 11.6. The third-order valence-electron chi connectivity index (χ3n) is 3.06. The Hall–Kier alpha value is -0.160. The summed E-state index contributed by atoms with van der Waals surface area (Å²) in [6.07, 6.45) is 1.06. The van der Waals surface area contributed by atoms with E-state index in [1.54, 1.807) is 0 Å². The molecule has 2 aliphatic heterocycles. The standard InChI is InChI=1S/C10H19NO3/c1-10(2)13-8-6-11(3)7(4-5-12)9(8)14-10/h7-9,12H,4-6H2,1-3H3/t7-,8+,9-/m0/s1. The van der Waals surface area contributed by atoms with Gasteiger partial charge in [-0.3, -0.25) is 4.90 Å². The maximum atomic E-state index is 8.97. The van der Waals surface area contributed by atoms with Gasteiger partial charge < -0.3 is 14.6 Å². The molecule has 3 atom stereocenters. The highest BCUT2D eigenvalue weighted by Gasteiger charge is 2.50. The normalized spacial score (nSPS) is 41.6. The van der Waals surface area contributed by atoms with Gasteiger partial charge in [0.05, 0.1) is 0 Å². The van der Waals surface area contributed by atoms with E-state index in [0.717, 1.165) is 13.0 Å². The van der Waals surface area contributed by atoms with Gasteiger partial charge in [0.15, 0.2) is 5.79 Å². The Morgan fingerprint density at radius 3 is 2.79 bits per heavy atom. The number of aliphatic hydroxyl groups excluding tert-OH is 1. The van der Waals surface area contributed by atoms with Crippen molar-refractivity contribution in [2.45, 2.75) is 44.3 Å². The van der Waals surface area contributed by atoms with Gasteiger partial charge >= 0.3 is 0 Å². The molecular weight excluding hydrogens is 182 g/mol. The van der Waals surface area contributed by atoms with Gasteiger partial charge in [-0.1, -0.05) is 0 Å². The molecule has 0 aromatic heterocycles. The highest BCUT2D eigenvalue weighted by molar-refractivity contribution is 4.98. The molecule has 2 aliphatic rings. The molecule has 0 aromatic rings. The molecule has 14 heavy (non-hydrogen) atoms. The van der Waals surface area contributed by atoms with Crippen molar-refractivity contribution < 1.29 is 14.6 Å². The van der Waals surface area contributed by atoms with Crippen LogP contribution in [0.1, 0.15) is 20.3 Å². The summed E-state index contributed by atoms with van der Waals surface area (Å²) in [6, 6.07) is 0.298. The second-order valence-corrected chi connectivity index (χ2v) is 4.66. The van der Waals surface area contributed by atoms with E-state index < -0.39 is 5.79 Å². The van der Waals surface area contributed by atoms with E-state index in [1.165, 1.54) is 0 Å². The van der Waals surface area contributed by atoms with Crippen LogP contribution in [0.3, 0.4) is 0 Å². The number of ether oxygens (including phenoxy) is 2. The molecule has 82 valence electrons. The van der Waals surface area contributed by atoms with Crippen LogP contribution < -0.4 is 0 Å². The molecule has 0 aromatic carbocycles. The molecule has 2 heterocycles. The fraction of sp³-hybridized carbons (Fsp3) is 1.00. The summed E-state index contributed by atoms with van der Waals surface area (Å²) in [6.45, 7) is 5.00. The van der Waals surface area contributed by atoms with E-state index in [-0.39, 0.29) is 18.8 Å². The van der Waals surface area contributed by atoms with Gasteiger partial charge in [0, 0.05) is 19.2 Å². The summed E-state index contributed by atoms with van der Waals surface area (Å²) in [4.78, 5) is 2.21. The molecule has 4 heteroatoms. The van der Waals surface area contributed by atoms with Crippen molar-refractivity contribution in [1.82, 2.24) is 4.90 Å². The summed E-state index contributed by atoms with van der Waals surface area (Å²) in [5, 5.41) is 8.97. The minimum absolute atomic E-state index is 0.127. The van der Waals surface area contributed by atoms with Crippen LogP contribution in [0, 0.1) is 0 Å². The number of hydrogen-bond acceptors (Lipinski definition) is 4. The molecular formula is C10H19NO3. The highest BCUT2D eigenvalue weighted by atomic mass is 16.8. The quantitative estimate of drug-likeness (QED) is 0.693. The molecule has 0 radical (unpaired) electrons. The van der Waals surface area contributed by atoms with Crippen molar-refractivity contribution in [3.63, 3.8) is 0 Å². The van der Waals surface area contributed by atoms with Crippen LogP contribution in [-0.4, -0.2) is 54.2 Å². The molecule has 2 saturated heterocycles. The van der Waals surface area contributed by atoms with Gasteiger partial charge in [0.1, 0.15) is 12.2 Å². The lowest BCUT2D eigenvalue weighted by Crippen LogP contribution is -2.37. The summed E-state index contributed by atoms with van der Waals surface area (Å²) >= 11 is 0. The zero-order chi connectivity index (χ0) is 10.3. The highest BCUT2D eigenvalue weighted by Crippen LogP contribution is 2.36. The topological polar surface area (TPSA) is 41.9 Å². The lowest BCUT2D eigenvalue weighted by molar-refractivity contribution is -0.160. The van der Waals surface area contributed by atoms with Gasteiger partial charge in [0.25, 0.3) is 0 Å². The molecule has 0 aliphatic carbocycles. The summed E-state index contributed by atoms with van der Waals surface area (Å²) in [5.74, 6) is -0.454. The minimum atomic E-state index is -0.454. The van der Waals surface area contributed by atoms with E-state index in [2.05, 4.69) is 11.9 Å². The van der Waals surface area contributed by atoms with Crippen LogP contribution in [0.4, 0.5) is 0 Å². The SMILES string of the molecule is CN1C[C@H]2OC(C)(C)O[C@H]2[C@@H]1CCO. The van der Waals surface area contributed by atoms with Crippen molar-refractivity contribution >= 4 is 0 Å². The Morgan fingerprint density at radius 1 is 1.43 bits per heavy atom. The van der Waals surface area contributed by atoms with E-state index in [4.69, 9.17) is 14.6 Å². The van der Waals surface area contributed by atoms with Crippen LogP contribution in [0.5, 0.6) is 0 Å². The lowest BCUT2D eigenvalue weighted by atomic mass is 10.1. The summed E-state index contributed by atoms with van der Waals surface area (Å²) in [7, 11) is 2.05. The monoisotopic (exact) mass is 201 g/mol. The number of likely N-dealkylation sites (tertiary alicyclic amines) is 1. The van der Waals surface area contributed by atoms with E-state index >= 15 is 0 Å². The third kappa shape index (κ3) is 1.67. The zero-order valence-electron chi connectivity index (χ0n) is 9.06. The molecule has 4 nitrogen and oxygen atoms in total. The second kappa shape index (κ2) is 3.45. The van der Waals surface area contributed by atoms with E-state index in [0.29, 0.717) is 6.04 Å². The number of aliphatic hydroxyl groups is 1. The molecule has 2 fully saturated rings. The number of likely N-dealkylation sites (N-methyl/N-ethyl adjacent to an activating group) is 1. The number of nitrogens with zero attached hydrogens (tertiary/aromatic N) is 1. The first-order valence-electron chi connectivity index (χ1n) is 5.20. The number of hydrogen-bond donors (Lipinski definition) is 1. The van der Waals surface area contributed by atoms with Crippen molar-refractivity contribution in [3.05, 3.63) is 0 Å². The average Bonchev–Trinajstić information content (AvgIpc) is 2.47. The first-order valence-corrected chi connectivity index (χ1v) is 5.20. The molecule has 0 amide bonds. The Labute approximate surface area is 84.8 Å². The van der Waals surface area contributed by atoms with Gasteiger partial charge in [-0.05, 0) is 27.3 Å². The molecule has 0 spiro atoms. The fourth-order valence-corrected chi connectivity index (χ4v) is 2.52. The van der Waals surface area contributed by atoms with Crippen molar-refractivity contribution in [2.75, 3.05) is 20.2 Å². The number of rotatable bonds is 2. The Bertz CT molecular complexity index is 219. The minimum Gasteiger partial charge on any atom is -0.396 e. The maximum absolute atomic E-state index is 8.97. The molecule has 1 N–H and O–H groups in total. The maximum Gasteiger partial charge on any atom is 0.163 e. The van der Waals surface area contributed by atoms with Crippen LogP contribution in [-0.2, 0) is 9.47 Å². The second-order valence-electron chi connectivity index (χ2n) is 4.66. The van der Waals surface area contributed by atoms with Crippen molar-refractivity contribution in [2.24, 2.45) is 0 Å². The van der Waals surface area contributed by atoms with Crippen LogP contribution >= 0.6 is 0 Å². The Balaban J connectivity index is 2.06. The molecule has 0 saturated carbocycles. The molecule has 2 rings (SSSR count). The van der Waals surface area contributed by atoms with E-state index in [1.807, 2.05) is 13.8 Å². The van der Waals surface area contributed by atoms with Gasteiger partial charge in [-0.2, -0.15) is 0 Å². The average molecular weight is 201 g/mol. The van der Waals surface area contributed by atoms with Crippen LogP contribution in [0.25, 0.3) is 0 Å². The van der Waals surface area contributed by atoms with Gasteiger partial charge in [0.2, 0.25) is 0 Å². The zero-order valence-corrected chi connectivity index (χ0v) is 9.06. The predicted molar refractivity (Wildman–Crippen MR) is 51.9 cm³/mol. The van der Waals surface area contributed by atoms with E-state index in [9.17, 15) is 0 Å². The number of fused-ring (bicyclic) bond motifs is 1. The van der Waals surface area contributed by atoms with Crippen molar-refractivity contribution in [1.29, 1.82) is 0 Å². The molecule has 0 bridgehead atoms. The van der Waals surface area contributed by atoms with Crippen molar-refractivity contribution in [3.8, 4) is 0 Å². The Kier molecular flexibility index (Phi) is 2.55. The lowest BCUT2D eigenvalue weighted by Gasteiger charge is -2.26. The van der Waals surface area contributed by atoms with Crippen LogP contribution in [0.2, 0.25) is 0 Å². The van der Waals surface area contributed by atoms with Gasteiger partial charge in [-0.25, -0.2) is 0 Å². The van der Waals surface area contributed by atoms with Crippen LogP contribution in [0.15, 0.2) is 0 Å². The first kappa shape index (κ1) is 10.4. The Morgan fingerprint density at radius 2 is 2.14 bits per heavy atom.